The lowest BCUT2D eigenvalue weighted by Gasteiger charge is -2.06. The van der Waals surface area contributed by atoms with Crippen molar-refractivity contribution in [2.75, 3.05) is 12.4 Å². The molecule has 3 aromatic rings. The number of thiazole rings is 1. The van der Waals surface area contributed by atoms with Gasteiger partial charge in [0.1, 0.15) is 9.88 Å². The number of nitrogens with one attached hydrogen (secondary N) is 1. The van der Waals surface area contributed by atoms with E-state index < -0.39 is 5.97 Å². The monoisotopic (exact) mass is 380 g/mol. The summed E-state index contributed by atoms with van der Waals surface area (Å²) in [6.07, 6.45) is 0. The highest BCUT2D eigenvalue weighted by Crippen LogP contribution is 2.31. The first-order chi connectivity index (χ1) is 12.9. The number of rotatable bonds is 4. The topological polar surface area (TPSA) is 68.3 Å². The van der Waals surface area contributed by atoms with E-state index in [1.54, 1.807) is 24.3 Å². The van der Waals surface area contributed by atoms with E-state index in [1.807, 2.05) is 32.9 Å². The summed E-state index contributed by atoms with van der Waals surface area (Å²) >= 11 is 1.36. The number of amides is 1. The first-order valence-corrected chi connectivity index (χ1v) is 9.25. The number of esters is 1. The van der Waals surface area contributed by atoms with Crippen LogP contribution < -0.4 is 5.32 Å². The van der Waals surface area contributed by atoms with Crippen molar-refractivity contribution in [3.63, 3.8) is 0 Å². The second-order valence-electron chi connectivity index (χ2n) is 6.28. The van der Waals surface area contributed by atoms with E-state index in [1.165, 1.54) is 24.0 Å². The number of methoxy groups -OCH3 is 1. The largest absolute Gasteiger partial charge is 0.465 e. The average Bonchev–Trinajstić information content (AvgIpc) is 3.02. The third kappa shape index (κ3) is 4.06. The van der Waals surface area contributed by atoms with Crippen LogP contribution in [-0.2, 0) is 4.74 Å². The quantitative estimate of drug-likeness (QED) is 0.662. The number of hydrogen-bond donors (Lipinski definition) is 1. The Morgan fingerprint density at radius 1 is 1.07 bits per heavy atom. The maximum atomic E-state index is 12.7. The van der Waals surface area contributed by atoms with Gasteiger partial charge in [0.25, 0.3) is 5.91 Å². The van der Waals surface area contributed by atoms with Gasteiger partial charge in [0.15, 0.2) is 0 Å². The predicted molar refractivity (Wildman–Crippen MR) is 107 cm³/mol. The summed E-state index contributed by atoms with van der Waals surface area (Å²) in [5, 5.41) is 3.65. The number of hydrogen-bond acceptors (Lipinski definition) is 5. The molecular formula is C21H20N2O3S. The molecular weight excluding hydrogens is 360 g/mol. The molecule has 0 spiro atoms. The molecule has 5 nitrogen and oxygen atoms in total. The average molecular weight is 380 g/mol. The second-order valence-corrected chi connectivity index (χ2v) is 7.28. The molecule has 0 radical (unpaired) electrons. The molecule has 1 amide bonds. The fraction of sp³-hybridized carbons (Fsp3) is 0.190. The Hall–Kier alpha value is -2.99. The normalized spacial score (nSPS) is 10.5. The summed E-state index contributed by atoms with van der Waals surface area (Å²) in [4.78, 5) is 29.5. The van der Waals surface area contributed by atoms with E-state index >= 15 is 0 Å². The van der Waals surface area contributed by atoms with Crippen LogP contribution >= 0.6 is 11.3 Å². The summed E-state index contributed by atoms with van der Waals surface area (Å²) in [7, 11) is 1.32. The van der Waals surface area contributed by atoms with Gasteiger partial charge < -0.3 is 10.1 Å². The summed E-state index contributed by atoms with van der Waals surface area (Å²) in [6.45, 7) is 5.91. The number of nitrogens with zero attached hydrogens (tertiary/aromatic N) is 1. The van der Waals surface area contributed by atoms with Crippen LogP contribution in [0, 0.1) is 20.8 Å². The van der Waals surface area contributed by atoms with Crippen molar-refractivity contribution in [2.24, 2.45) is 0 Å². The van der Waals surface area contributed by atoms with E-state index in [-0.39, 0.29) is 5.91 Å². The molecule has 0 aliphatic heterocycles. The van der Waals surface area contributed by atoms with Gasteiger partial charge >= 0.3 is 5.97 Å². The third-order valence-electron chi connectivity index (χ3n) is 4.16. The number of aryl methyl sites for hydroxylation is 3. The van der Waals surface area contributed by atoms with E-state index in [9.17, 15) is 9.59 Å². The van der Waals surface area contributed by atoms with Gasteiger partial charge in [-0.15, -0.1) is 11.3 Å². The van der Waals surface area contributed by atoms with Gasteiger partial charge in [0, 0.05) is 11.3 Å². The Bertz CT molecular complexity index is 1020. The summed E-state index contributed by atoms with van der Waals surface area (Å²) in [5.41, 5.74) is 4.93. The van der Waals surface area contributed by atoms with Gasteiger partial charge in [0.2, 0.25) is 0 Å². The maximum absolute atomic E-state index is 12.7. The standard InChI is InChI=1S/C21H20N2O3S/c1-12-8-9-17(13(2)10-12)20-22-14(3)18(27-20)19(24)23-16-7-5-6-15(11-16)21(25)26-4/h5-11H,1-4H3,(H,23,24). The molecule has 27 heavy (non-hydrogen) atoms. The van der Waals surface area contributed by atoms with Crippen LogP contribution in [0.25, 0.3) is 10.6 Å². The highest BCUT2D eigenvalue weighted by atomic mass is 32.1. The lowest BCUT2D eigenvalue weighted by molar-refractivity contribution is 0.0600. The van der Waals surface area contributed by atoms with Gasteiger partial charge in [-0.2, -0.15) is 0 Å². The molecule has 1 heterocycles. The molecule has 0 unspecified atom stereocenters. The maximum Gasteiger partial charge on any atom is 0.337 e. The molecule has 6 heteroatoms. The van der Waals surface area contributed by atoms with Crippen molar-refractivity contribution in [1.82, 2.24) is 4.98 Å². The van der Waals surface area contributed by atoms with Crippen molar-refractivity contribution in [1.29, 1.82) is 0 Å². The van der Waals surface area contributed by atoms with Gasteiger partial charge in [-0.05, 0) is 44.5 Å². The summed E-state index contributed by atoms with van der Waals surface area (Å²) in [5.74, 6) is -0.694. The summed E-state index contributed by atoms with van der Waals surface area (Å²) in [6, 6.07) is 12.8. The highest BCUT2D eigenvalue weighted by molar-refractivity contribution is 7.17. The lowest BCUT2D eigenvalue weighted by Crippen LogP contribution is -2.12. The first kappa shape index (κ1) is 18.8. The number of carbonyl (C=O) groups is 2. The van der Waals surface area contributed by atoms with Crippen LogP contribution in [0.3, 0.4) is 0 Å². The predicted octanol–water partition coefficient (Wildman–Crippen LogP) is 4.77. The van der Waals surface area contributed by atoms with E-state index in [2.05, 4.69) is 16.4 Å². The molecule has 0 aliphatic rings. The van der Waals surface area contributed by atoms with Crippen LogP contribution in [0.4, 0.5) is 5.69 Å². The van der Waals surface area contributed by atoms with Crippen LogP contribution in [0.2, 0.25) is 0 Å². The SMILES string of the molecule is COC(=O)c1cccc(NC(=O)c2sc(-c3ccc(C)cc3C)nc2C)c1. The Kier molecular flexibility index (Phi) is 5.37. The zero-order chi connectivity index (χ0) is 19.6. The van der Waals surface area contributed by atoms with Crippen LogP contribution in [0.15, 0.2) is 42.5 Å². The molecule has 1 N–H and O–H groups in total. The zero-order valence-corrected chi connectivity index (χ0v) is 16.4. The third-order valence-corrected chi connectivity index (χ3v) is 5.35. The van der Waals surface area contributed by atoms with E-state index in [0.29, 0.717) is 21.8 Å². The number of carbonyl (C=O) groups excluding carboxylic acids is 2. The fourth-order valence-corrected chi connectivity index (χ4v) is 3.86. The second kappa shape index (κ2) is 7.72. The van der Waals surface area contributed by atoms with Gasteiger partial charge in [0.05, 0.1) is 18.4 Å². The smallest absolute Gasteiger partial charge is 0.337 e. The Labute approximate surface area is 162 Å². The minimum atomic E-state index is -0.447. The molecule has 138 valence electrons. The van der Waals surface area contributed by atoms with Crippen molar-refractivity contribution in [3.8, 4) is 10.6 Å². The molecule has 0 fully saturated rings. The van der Waals surface area contributed by atoms with Crippen molar-refractivity contribution in [3.05, 3.63) is 69.7 Å². The van der Waals surface area contributed by atoms with Crippen molar-refractivity contribution >= 4 is 28.9 Å². The minimum absolute atomic E-state index is 0.247. The first-order valence-electron chi connectivity index (χ1n) is 8.44. The van der Waals surface area contributed by atoms with Gasteiger partial charge in [-0.3, -0.25) is 4.79 Å². The fourth-order valence-electron chi connectivity index (χ4n) is 2.81. The molecule has 2 aromatic carbocycles. The zero-order valence-electron chi connectivity index (χ0n) is 15.6. The minimum Gasteiger partial charge on any atom is -0.465 e. The van der Waals surface area contributed by atoms with E-state index in [0.717, 1.165) is 16.1 Å². The highest BCUT2D eigenvalue weighted by Gasteiger charge is 2.18. The molecule has 0 bridgehead atoms. The molecule has 3 rings (SSSR count). The van der Waals surface area contributed by atoms with Crippen LogP contribution in [-0.4, -0.2) is 24.0 Å². The Morgan fingerprint density at radius 2 is 1.85 bits per heavy atom. The number of ether oxygens (including phenoxy) is 1. The number of benzene rings is 2. The van der Waals surface area contributed by atoms with E-state index in [4.69, 9.17) is 4.74 Å². The molecule has 1 aromatic heterocycles. The molecule has 0 saturated heterocycles. The molecule has 0 atom stereocenters. The lowest BCUT2D eigenvalue weighted by atomic mass is 10.1. The number of aromatic nitrogens is 1. The van der Waals surface area contributed by atoms with Crippen LogP contribution in [0.5, 0.6) is 0 Å². The summed E-state index contributed by atoms with van der Waals surface area (Å²) < 4.78 is 4.71. The molecule has 0 aliphatic carbocycles. The number of anilines is 1. The van der Waals surface area contributed by atoms with Crippen molar-refractivity contribution < 1.29 is 14.3 Å². The van der Waals surface area contributed by atoms with Crippen LogP contribution in [0.1, 0.15) is 36.9 Å². The van der Waals surface area contributed by atoms with Gasteiger partial charge in [-0.25, -0.2) is 9.78 Å². The Balaban J connectivity index is 1.86. The van der Waals surface area contributed by atoms with Crippen molar-refractivity contribution in [2.45, 2.75) is 20.8 Å². The van der Waals surface area contributed by atoms with Gasteiger partial charge in [-0.1, -0.05) is 29.8 Å². The molecule has 0 saturated carbocycles. The Morgan fingerprint density at radius 3 is 2.56 bits per heavy atom.